The van der Waals surface area contributed by atoms with E-state index in [1.807, 2.05) is 19.0 Å². The first-order chi connectivity index (χ1) is 14.5. The number of hydrogen-bond acceptors (Lipinski definition) is 8. The molecule has 2 aliphatic rings. The zero-order valence-corrected chi connectivity index (χ0v) is 16.8. The smallest absolute Gasteiger partial charge is 0.262 e. The predicted octanol–water partition coefficient (Wildman–Crippen LogP) is 0.614. The van der Waals surface area contributed by atoms with Crippen molar-refractivity contribution >= 4 is 35.2 Å². The Morgan fingerprint density at radius 2 is 1.77 bits per heavy atom. The molecule has 0 saturated carbocycles. The van der Waals surface area contributed by atoms with Crippen LogP contribution in [0.5, 0.6) is 0 Å². The van der Waals surface area contributed by atoms with Crippen LogP contribution < -0.4 is 15.1 Å². The first-order valence-electron chi connectivity index (χ1n) is 9.58. The molecule has 10 heteroatoms. The Morgan fingerprint density at radius 3 is 2.37 bits per heavy atom. The average Bonchev–Trinajstić information content (AvgIpc) is 2.99. The number of ether oxygens (including phenoxy) is 1. The second-order valence-corrected chi connectivity index (χ2v) is 7.19. The molecule has 1 N–H and O–H groups in total. The van der Waals surface area contributed by atoms with Crippen LogP contribution in [0.2, 0.25) is 0 Å². The van der Waals surface area contributed by atoms with Crippen LogP contribution in [0.4, 0.5) is 17.5 Å². The number of morpholine rings is 1. The van der Waals surface area contributed by atoms with Gasteiger partial charge in [-0.1, -0.05) is 12.1 Å². The number of nitrogens with one attached hydrogen (secondary N) is 1. The maximum Gasteiger partial charge on any atom is 0.262 e. The van der Waals surface area contributed by atoms with Crippen LogP contribution in [0.3, 0.4) is 0 Å². The first-order valence-corrected chi connectivity index (χ1v) is 9.58. The summed E-state index contributed by atoms with van der Waals surface area (Å²) in [6.07, 6.45) is 1.54. The number of aromatic nitrogens is 2. The molecule has 3 heterocycles. The molecule has 1 fully saturated rings. The fraction of sp³-hybridized carbons (Fsp3) is 0.350. The highest BCUT2D eigenvalue weighted by atomic mass is 16.5. The Labute approximate surface area is 173 Å². The van der Waals surface area contributed by atoms with Gasteiger partial charge in [0, 0.05) is 27.2 Å². The highest BCUT2D eigenvalue weighted by Gasteiger charge is 2.36. The second-order valence-electron chi connectivity index (χ2n) is 7.19. The van der Waals surface area contributed by atoms with Gasteiger partial charge in [0.05, 0.1) is 30.5 Å². The molecule has 4 rings (SSSR count). The van der Waals surface area contributed by atoms with Crippen molar-refractivity contribution in [3.63, 3.8) is 0 Å². The second kappa shape index (κ2) is 8.07. The van der Waals surface area contributed by atoms with Crippen molar-refractivity contribution in [2.24, 2.45) is 0 Å². The van der Waals surface area contributed by atoms with E-state index in [1.54, 1.807) is 29.2 Å². The Morgan fingerprint density at radius 1 is 1.13 bits per heavy atom. The van der Waals surface area contributed by atoms with Gasteiger partial charge in [-0.2, -0.15) is 4.98 Å². The van der Waals surface area contributed by atoms with Crippen LogP contribution in [0.25, 0.3) is 0 Å². The standard InChI is InChI=1S/C20H22N6O4/c1-24(2)17-15(11-21-20(23-17)25-7-9-30-10-8-25)22-16(27)12-26-18(28)13-5-3-4-6-14(13)19(26)29/h3-6,11H,7-10,12H2,1-2H3,(H,22,27). The fourth-order valence-electron chi connectivity index (χ4n) is 3.42. The molecule has 0 unspecified atom stereocenters. The summed E-state index contributed by atoms with van der Waals surface area (Å²) in [5, 5.41) is 2.72. The van der Waals surface area contributed by atoms with E-state index >= 15 is 0 Å². The molecule has 0 radical (unpaired) electrons. The van der Waals surface area contributed by atoms with Crippen LogP contribution in [0, 0.1) is 0 Å². The third kappa shape index (κ3) is 3.69. The number of rotatable bonds is 5. The van der Waals surface area contributed by atoms with Crippen LogP contribution >= 0.6 is 0 Å². The van der Waals surface area contributed by atoms with Gasteiger partial charge in [0.25, 0.3) is 11.8 Å². The van der Waals surface area contributed by atoms with Gasteiger partial charge in [-0.3, -0.25) is 19.3 Å². The Bertz CT molecular complexity index is 968. The van der Waals surface area contributed by atoms with Gasteiger partial charge in [-0.15, -0.1) is 0 Å². The molecule has 0 spiro atoms. The summed E-state index contributed by atoms with van der Waals surface area (Å²) < 4.78 is 5.35. The van der Waals surface area contributed by atoms with E-state index in [4.69, 9.17) is 4.74 Å². The minimum absolute atomic E-state index is 0.308. The van der Waals surface area contributed by atoms with E-state index in [0.717, 1.165) is 4.90 Å². The van der Waals surface area contributed by atoms with Crippen LogP contribution in [0.15, 0.2) is 30.5 Å². The zero-order valence-electron chi connectivity index (χ0n) is 16.8. The molecular formula is C20H22N6O4. The quantitative estimate of drug-likeness (QED) is 0.715. The van der Waals surface area contributed by atoms with E-state index in [9.17, 15) is 14.4 Å². The number of fused-ring (bicyclic) bond motifs is 1. The van der Waals surface area contributed by atoms with Crippen molar-refractivity contribution in [2.45, 2.75) is 0 Å². The lowest BCUT2D eigenvalue weighted by atomic mass is 10.1. The molecule has 3 amide bonds. The predicted molar refractivity (Wildman–Crippen MR) is 110 cm³/mol. The molecule has 156 valence electrons. The van der Waals surface area contributed by atoms with E-state index in [1.165, 1.54) is 6.20 Å². The average molecular weight is 410 g/mol. The van der Waals surface area contributed by atoms with E-state index in [-0.39, 0.29) is 6.54 Å². The van der Waals surface area contributed by atoms with Crippen molar-refractivity contribution in [1.82, 2.24) is 14.9 Å². The molecule has 1 aromatic heterocycles. The molecule has 2 aliphatic heterocycles. The summed E-state index contributed by atoms with van der Waals surface area (Å²) in [4.78, 5) is 51.2. The minimum atomic E-state index is -0.504. The maximum absolute atomic E-state index is 12.6. The highest BCUT2D eigenvalue weighted by molar-refractivity contribution is 6.22. The SMILES string of the molecule is CN(C)c1nc(N2CCOCC2)ncc1NC(=O)CN1C(=O)c2ccccc2C1=O. The van der Waals surface area contributed by atoms with Gasteiger partial charge in [-0.25, -0.2) is 4.98 Å². The Balaban J connectivity index is 1.49. The number of anilines is 3. The van der Waals surface area contributed by atoms with Crippen LogP contribution in [-0.2, 0) is 9.53 Å². The van der Waals surface area contributed by atoms with Gasteiger partial charge >= 0.3 is 0 Å². The fourth-order valence-corrected chi connectivity index (χ4v) is 3.42. The zero-order chi connectivity index (χ0) is 21.3. The highest BCUT2D eigenvalue weighted by Crippen LogP contribution is 2.25. The summed E-state index contributed by atoms with van der Waals surface area (Å²) >= 11 is 0. The summed E-state index contributed by atoms with van der Waals surface area (Å²) in [7, 11) is 3.62. The van der Waals surface area contributed by atoms with E-state index in [0.29, 0.717) is 54.9 Å². The van der Waals surface area contributed by atoms with Crippen molar-refractivity contribution in [3.8, 4) is 0 Å². The number of imide groups is 1. The molecule has 1 aromatic carbocycles. The monoisotopic (exact) mass is 410 g/mol. The van der Waals surface area contributed by atoms with Gasteiger partial charge in [-0.05, 0) is 12.1 Å². The number of amides is 3. The third-order valence-electron chi connectivity index (χ3n) is 4.93. The van der Waals surface area contributed by atoms with Crippen molar-refractivity contribution in [3.05, 3.63) is 41.6 Å². The largest absolute Gasteiger partial charge is 0.378 e. The lowest BCUT2D eigenvalue weighted by molar-refractivity contribution is -0.116. The van der Waals surface area contributed by atoms with E-state index in [2.05, 4.69) is 15.3 Å². The number of hydrogen-bond donors (Lipinski definition) is 1. The summed E-state index contributed by atoms with van der Waals surface area (Å²) in [6, 6.07) is 6.53. The van der Waals surface area contributed by atoms with Gasteiger partial charge < -0.3 is 19.9 Å². The molecule has 30 heavy (non-hydrogen) atoms. The molecule has 1 saturated heterocycles. The minimum Gasteiger partial charge on any atom is -0.378 e. The summed E-state index contributed by atoms with van der Waals surface area (Å²) in [5.41, 5.74) is 1.02. The van der Waals surface area contributed by atoms with Gasteiger partial charge in [0.1, 0.15) is 12.2 Å². The van der Waals surface area contributed by atoms with Crippen molar-refractivity contribution < 1.29 is 19.1 Å². The number of carbonyl (C=O) groups excluding carboxylic acids is 3. The summed E-state index contributed by atoms with van der Waals surface area (Å²) in [5.74, 6) is -0.368. The summed E-state index contributed by atoms with van der Waals surface area (Å²) in [6.45, 7) is 2.22. The lowest BCUT2D eigenvalue weighted by Crippen LogP contribution is -2.38. The molecule has 2 aromatic rings. The number of carbonyl (C=O) groups is 3. The van der Waals surface area contributed by atoms with Crippen LogP contribution in [-0.4, -0.2) is 79.5 Å². The topological polar surface area (TPSA) is 108 Å². The number of nitrogens with zero attached hydrogens (tertiary/aromatic N) is 5. The number of benzene rings is 1. The lowest BCUT2D eigenvalue weighted by Gasteiger charge is -2.28. The molecular weight excluding hydrogens is 388 g/mol. The van der Waals surface area contributed by atoms with Crippen molar-refractivity contribution in [2.75, 3.05) is 62.1 Å². The van der Waals surface area contributed by atoms with Gasteiger partial charge in [0.2, 0.25) is 11.9 Å². The molecule has 0 bridgehead atoms. The molecule has 0 aliphatic carbocycles. The Kier molecular flexibility index (Phi) is 5.32. The maximum atomic E-state index is 12.6. The molecule has 10 nitrogen and oxygen atoms in total. The first kappa shape index (κ1) is 19.8. The third-order valence-corrected chi connectivity index (χ3v) is 4.93. The molecule has 0 atom stereocenters. The normalized spacial score (nSPS) is 15.9. The van der Waals surface area contributed by atoms with E-state index < -0.39 is 17.7 Å². The Hall–Kier alpha value is -3.53. The van der Waals surface area contributed by atoms with Gasteiger partial charge in [0.15, 0.2) is 5.82 Å². The van der Waals surface area contributed by atoms with Crippen LogP contribution in [0.1, 0.15) is 20.7 Å². The van der Waals surface area contributed by atoms with Crippen molar-refractivity contribution in [1.29, 1.82) is 0 Å².